The Kier molecular flexibility index (Phi) is 2.75. The van der Waals surface area contributed by atoms with Crippen molar-refractivity contribution >= 4 is 5.97 Å². The summed E-state index contributed by atoms with van der Waals surface area (Å²) in [4.78, 5) is 12.9. The van der Waals surface area contributed by atoms with Crippen LogP contribution in [0.2, 0.25) is 0 Å². The van der Waals surface area contributed by atoms with E-state index in [0.717, 1.165) is 7.11 Å². The van der Waals surface area contributed by atoms with Crippen LogP contribution in [0, 0.1) is 17.7 Å². The Hall–Kier alpha value is -1.79. The number of benzene rings is 1. The zero-order valence-electron chi connectivity index (χ0n) is 36.0. The highest BCUT2D eigenvalue weighted by Crippen LogP contribution is 2.44. The van der Waals surface area contributed by atoms with Crippen LogP contribution in [0.25, 0.3) is 0 Å². The first-order valence-electron chi connectivity index (χ1n) is 18.7. The van der Waals surface area contributed by atoms with E-state index in [9.17, 15) is 13.0 Å². The van der Waals surface area contributed by atoms with Crippen molar-refractivity contribution in [2.75, 3.05) is 27.1 Å². The van der Waals surface area contributed by atoms with Crippen LogP contribution < -0.4 is 15.2 Å². The molecule has 0 amide bonds. The van der Waals surface area contributed by atoms with Crippen molar-refractivity contribution in [1.82, 2.24) is 4.90 Å². The topological polar surface area (TPSA) is 74.0 Å². The number of rotatable bonds is 7. The van der Waals surface area contributed by atoms with Crippen molar-refractivity contribution < 1.29 is 45.0 Å². The van der Waals surface area contributed by atoms with E-state index in [2.05, 4.69) is 0 Å². The van der Waals surface area contributed by atoms with Gasteiger partial charge in [-0.25, -0.2) is 0 Å². The number of nitrogens with two attached hydrogens (primary N) is 1. The van der Waals surface area contributed by atoms with Gasteiger partial charge in [-0.3, -0.25) is 9.69 Å². The smallest absolute Gasteiger partial charge is 0.323 e. The van der Waals surface area contributed by atoms with Gasteiger partial charge < -0.3 is 19.9 Å². The standard InChI is InChI=1S/C24H38N2O4/c1-14(2)9-17-13-26-8-7-16-10-21(28-5)22(29-6)11-18(16)19(26)12-20(17)30-24(27)23(25)15(3)4/h10-11,14-15,17,19-20,23H,7-9,12-13,25H2,1-6H3/t17?,19?,20?,23-/m0/s1/i1D3,5D3,7D2,8D2,9D2,12D2,13D2,14D,17D,19D/t14?,17?,19?,20?,23-. The highest BCUT2D eigenvalue weighted by atomic mass is 16.5. The van der Waals surface area contributed by atoms with Crippen molar-refractivity contribution in [1.29, 1.82) is 0 Å². The summed E-state index contributed by atoms with van der Waals surface area (Å²) in [5.74, 6) is -11.3. The number of methoxy groups -OCH3 is 2. The van der Waals surface area contributed by atoms with Crippen molar-refractivity contribution in [2.24, 2.45) is 23.4 Å². The first kappa shape index (κ1) is 8.62. The minimum absolute atomic E-state index is 0.411. The summed E-state index contributed by atoms with van der Waals surface area (Å²) in [6.07, 6.45) is -14.8. The molecular formula is C24H38N2O4. The molecule has 0 bridgehead atoms. The molecule has 6 heteroatoms. The quantitative estimate of drug-likeness (QED) is 0.658. The molecule has 2 aliphatic rings. The van der Waals surface area contributed by atoms with Gasteiger partial charge in [-0.15, -0.1) is 0 Å². The molecule has 2 aliphatic heterocycles. The van der Waals surface area contributed by atoms with Gasteiger partial charge >= 0.3 is 5.97 Å². The first-order chi connectivity index (χ1) is 21.5. The summed E-state index contributed by atoms with van der Waals surface area (Å²) in [7, 11) is -2.20. The lowest BCUT2D eigenvalue weighted by Gasteiger charge is -2.47. The fraction of sp³-hybridized carbons (Fsp3) is 0.708. The number of hydrogen-bond acceptors (Lipinski definition) is 6. The molecule has 0 radical (unpaired) electrons. The van der Waals surface area contributed by atoms with E-state index in [1.165, 1.54) is 13.8 Å². The van der Waals surface area contributed by atoms with Crippen molar-refractivity contribution in [2.45, 2.75) is 64.9 Å². The normalized spacial score (nSPS) is 49.1. The average molecular weight is 438 g/mol. The van der Waals surface area contributed by atoms with Crippen LogP contribution in [-0.4, -0.2) is 50.2 Å². The first-order valence-corrected chi connectivity index (χ1v) is 9.18. The molecular weight excluding hydrogens is 380 g/mol. The Morgan fingerprint density at radius 1 is 1.43 bits per heavy atom. The minimum Gasteiger partial charge on any atom is -0.493 e. The van der Waals surface area contributed by atoms with Crippen molar-refractivity contribution in [3.8, 4) is 11.5 Å². The number of piperidine rings is 1. The van der Waals surface area contributed by atoms with Crippen LogP contribution in [0.3, 0.4) is 0 Å². The Bertz CT molecular complexity index is 1480. The summed E-state index contributed by atoms with van der Waals surface area (Å²) in [5, 5.41) is 0. The molecule has 1 fully saturated rings. The summed E-state index contributed by atoms with van der Waals surface area (Å²) in [6.45, 7) is -8.55. The summed E-state index contributed by atoms with van der Waals surface area (Å²) >= 11 is 0. The molecule has 1 saturated heterocycles. The molecule has 0 saturated carbocycles. The molecule has 4 unspecified atom stereocenters. The monoisotopic (exact) mass is 437 g/mol. The number of ether oxygens (including phenoxy) is 3. The molecule has 2 heterocycles. The number of carbonyl (C=O) groups excluding carboxylic acids is 1. The molecule has 30 heavy (non-hydrogen) atoms. The van der Waals surface area contributed by atoms with E-state index in [0.29, 0.717) is 19.1 Å². The molecule has 1 aromatic carbocycles. The van der Waals surface area contributed by atoms with Gasteiger partial charge in [0.25, 0.3) is 0 Å². The third-order valence-corrected chi connectivity index (χ3v) is 4.50. The molecule has 0 aliphatic carbocycles. The Labute approximate surface area is 207 Å². The molecule has 0 aromatic heterocycles. The average Bonchev–Trinajstić information content (AvgIpc) is 2.90. The molecule has 1 aromatic rings. The summed E-state index contributed by atoms with van der Waals surface area (Å²) in [5.41, 5.74) is 4.02. The van der Waals surface area contributed by atoms with Crippen LogP contribution in [0.1, 0.15) is 83.6 Å². The van der Waals surface area contributed by atoms with Crippen LogP contribution >= 0.6 is 0 Å². The van der Waals surface area contributed by atoms with Crippen molar-refractivity contribution in [3.05, 3.63) is 23.3 Å². The molecule has 0 spiro atoms. The van der Waals surface area contributed by atoms with E-state index in [4.69, 9.17) is 37.8 Å². The van der Waals surface area contributed by atoms with Gasteiger partial charge in [-0.2, -0.15) is 0 Å². The number of fused-ring (bicyclic) bond motifs is 3. The molecule has 6 nitrogen and oxygen atoms in total. The second-order valence-electron chi connectivity index (χ2n) is 7.08. The van der Waals surface area contributed by atoms with E-state index in [1.54, 1.807) is 0 Å². The van der Waals surface area contributed by atoms with Gasteiger partial charge in [0, 0.05) is 51.8 Å². The summed E-state index contributed by atoms with van der Waals surface area (Å²) in [6, 6.07) is -3.98. The number of carbonyl (C=O) groups is 1. The fourth-order valence-corrected chi connectivity index (χ4v) is 2.84. The zero-order chi connectivity index (χ0) is 38.7. The second kappa shape index (κ2) is 9.56. The van der Waals surface area contributed by atoms with Crippen LogP contribution in [0.5, 0.6) is 11.5 Å². The number of aryl methyl sites for hydroxylation is 1. The SMILES string of the molecule is [2H]C([2H])([2H])Oc1cc2c(cc1OC)C1([2H])N(C([2H])([2H])C2([2H])[2H])C([2H])([2H])C([2H])(C([2H])([2H])C([2H])(C)C([2H])([2H])[2H])C(OC(=O)[C@@H](N)C(C)C)C1([2H])[2H]. The molecule has 3 rings (SSSR count). The molecule has 168 valence electrons. The van der Waals surface area contributed by atoms with Gasteiger partial charge in [-0.05, 0) is 47.8 Å². The maximum absolute atomic E-state index is 13.3. The van der Waals surface area contributed by atoms with E-state index in [1.807, 2.05) is 0 Å². The Balaban J connectivity index is 2.64. The van der Waals surface area contributed by atoms with Crippen molar-refractivity contribution in [3.63, 3.8) is 0 Å². The van der Waals surface area contributed by atoms with E-state index in [-0.39, 0.29) is 0 Å². The van der Waals surface area contributed by atoms with Gasteiger partial charge in [0.05, 0.1) is 19.6 Å². The molecule has 2 N–H and O–H groups in total. The van der Waals surface area contributed by atoms with Crippen LogP contribution in [-0.2, 0) is 15.9 Å². The number of esters is 1. The lowest BCUT2D eigenvalue weighted by atomic mass is 9.79. The lowest BCUT2D eigenvalue weighted by molar-refractivity contribution is -0.160. The maximum Gasteiger partial charge on any atom is 0.323 e. The predicted octanol–water partition coefficient (Wildman–Crippen LogP) is 3.56. The van der Waals surface area contributed by atoms with Crippen LogP contribution in [0.15, 0.2) is 12.1 Å². The zero-order valence-corrected chi connectivity index (χ0v) is 17.0. The predicted molar refractivity (Wildman–Crippen MR) is 118 cm³/mol. The Morgan fingerprint density at radius 2 is 2.20 bits per heavy atom. The summed E-state index contributed by atoms with van der Waals surface area (Å²) < 4.78 is 179. The third kappa shape index (κ3) is 4.75. The van der Waals surface area contributed by atoms with Gasteiger partial charge in [0.2, 0.25) is 0 Å². The third-order valence-electron chi connectivity index (χ3n) is 4.50. The minimum atomic E-state index is -4.22. The van der Waals surface area contributed by atoms with E-state index < -0.39 is 115 Å². The van der Waals surface area contributed by atoms with Crippen LogP contribution in [0.4, 0.5) is 0 Å². The van der Waals surface area contributed by atoms with Gasteiger partial charge in [0.15, 0.2) is 11.5 Å². The maximum atomic E-state index is 13.3. The highest BCUT2D eigenvalue weighted by Gasteiger charge is 2.41. The van der Waals surface area contributed by atoms with Gasteiger partial charge in [0.1, 0.15) is 12.1 Å². The Morgan fingerprint density at radius 3 is 2.87 bits per heavy atom. The van der Waals surface area contributed by atoms with Gasteiger partial charge in [-0.1, -0.05) is 27.6 Å². The van der Waals surface area contributed by atoms with E-state index >= 15 is 0 Å². The number of nitrogens with zero attached hydrogens (tertiary/aromatic N) is 1. The lowest BCUT2D eigenvalue weighted by Crippen LogP contribution is -2.51. The molecule has 5 atom stereocenters. The fourth-order valence-electron chi connectivity index (χ4n) is 2.84. The highest BCUT2D eigenvalue weighted by molar-refractivity contribution is 5.76. The second-order valence-corrected chi connectivity index (χ2v) is 7.08. The largest absolute Gasteiger partial charge is 0.493 e. The number of hydrogen-bond donors (Lipinski definition) is 1.